The van der Waals surface area contributed by atoms with Gasteiger partial charge in [-0.15, -0.1) is 0 Å². The lowest BCUT2D eigenvalue weighted by molar-refractivity contribution is -0.135. The molecule has 0 unspecified atom stereocenters. The Morgan fingerprint density at radius 2 is 1.59 bits per heavy atom. The van der Waals surface area contributed by atoms with E-state index in [2.05, 4.69) is 49.3 Å². The lowest BCUT2D eigenvalue weighted by Crippen LogP contribution is -2.33. The number of aromatic nitrogens is 8. The molecule has 34 heavy (non-hydrogen) atoms. The van der Waals surface area contributed by atoms with Gasteiger partial charge >= 0.3 is 23.3 Å². The van der Waals surface area contributed by atoms with E-state index in [9.17, 15) is 24.3 Å². The van der Waals surface area contributed by atoms with Gasteiger partial charge < -0.3 is 19.3 Å². The number of esters is 2. The van der Waals surface area contributed by atoms with Crippen molar-refractivity contribution in [3.63, 3.8) is 0 Å². The molecule has 0 aromatic carbocycles. The SMILES string of the molecule is CC1(C)CO1.COC(=O)/C=C/n1nn[nH]c1=O.COC(=O)/C=C/n1nnn(CC(C)(C)O)c1=O. The Labute approximate surface area is 193 Å². The van der Waals surface area contributed by atoms with Gasteiger partial charge in [0.1, 0.15) is 0 Å². The van der Waals surface area contributed by atoms with Gasteiger partial charge in [-0.3, -0.25) is 0 Å². The van der Waals surface area contributed by atoms with Crippen LogP contribution >= 0.6 is 0 Å². The average molecular weight is 484 g/mol. The van der Waals surface area contributed by atoms with E-state index < -0.39 is 28.9 Å². The quantitative estimate of drug-likeness (QED) is 0.267. The maximum atomic E-state index is 11.6. The van der Waals surface area contributed by atoms with E-state index >= 15 is 0 Å². The predicted octanol–water partition coefficient (Wildman–Crippen LogP) is -1.74. The number of rotatable bonds is 6. The number of hydrogen-bond acceptors (Lipinski definition) is 12. The van der Waals surface area contributed by atoms with Gasteiger partial charge in [0, 0.05) is 24.6 Å². The van der Waals surface area contributed by atoms with Crippen LogP contribution in [0.1, 0.15) is 27.7 Å². The first kappa shape index (κ1) is 28.1. The summed E-state index contributed by atoms with van der Waals surface area (Å²) in [5.74, 6) is -1.17. The number of nitrogens with zero attached hydrogens (tertiary/aromatic N) is 7. The molecule has 2 N–H and O–H groups in total. The molecule has 16 heteroatoms. The number of carbonyl (C=O) groups excluding carboxylic acids is 2. The number of H-pyrrole nitrogens is 1. The fraction of sp³-hybridized carbons (Fsp3) is 0.556. The lowest BCUT2D eigenvalue weighted by Gasteiger charge is -2.14. The first-order chi connectivity index (χ1) is 15.8. The van der Waals surface area contributed by atoms with Crippen molar-refractivity contribution in [2.24, 2.45) is 0 Å². The van der Waals surface area contributed by atoms with Gasteiger partial charge in [0.25, 0.3) is 0 Å². The average Bonchev–Trinajstić information content (AvgIpc) is 3.14. The minimum absolute atomic E-state index is 0.0118. The van der Waals surface area contributed by atoms with Gasteiger partial charge in [0.05, 0.1) is 38.6 Å². The third kappa shape index (κ3) is 11.1. The molecule has 1 aliphatic rings. The van der Waals surface area contributed by atoms with E-state index in [1.54, 1.807) is 13.8 Å². The summed E-state index contributed by atoms with van der Waals surface area (Å²) in [6, 6.07) is 0. The fourth-order valence-electron chi connectivity index (χ4n) is 1.69. The van der Waals surface area contributed by atoms with Crippen molar-refractivity contribution in [2.75, 3.05) is 20.8 Å². The first-order valence-electron chi connectivity index (χ1n) is 9.69. The molecule has 3 rings (SSSR count). The molecule has 1 aliphatic heterocycles. The maximum Gasteiger partial charge on any atom is 0.368 e. The number of aromatic amines is 1. The third-order valence-corrected chi connectivity index (χ3v) is 3.52. The molecule has 2 aromatic heterocycles. The highest BCUT2D eigenvalue weighted by Gasteiger charge is 2.32. The summed E-state index contributed by atoms with van der Waals surface area (Å²) in [5, 5.41) is 25.2. The van der Waals surface area contributed by atoms with Crippen LogP contribution < -0.4 is 11.4 Å². The molecular formula is C18H28N8O8. The summed E-state index contributed by atoms with van der Waals surface area (Å²) in [7, 11) is 2.46. The highest BCUT2D eigenvalue weighted by Crippen LogP contribution is 2.23. The highest BCUT2D eigenvalue weighted by atomic mass is 16.6. The topological polar surface area (TPSA) is 202 Å². The van der Waals surface area contributed by atoms with E-state index in [1.165, 1.54) is 14.2 Å². The largest absolute Gasteiger partial charge is 0.466 e. The van der Waals surface area contributed by atoms with E-state index in [0.29, 0.717) is 0 Å². The van der Waals surface area contributed by atoms with Crippen molar-refractivity contribution >= 4 is 24.3 Å². The maximum absolute atomic E-state index is 11.6. The Kier molecular flexibility index (Phi) is 10.2. The van der Waals surface area contributed by atoms with Crippen LogP contribution in [0.3, 0.4) is 0 Å². The Hall–Kier alpha value is -3.92. The number of carbonyl (C=O) groups is 2. The fourth-order valence-corrected chi connectivity index (χ4v) is 1.69. The van der Waals surface area contributed by atoms with Gasteiger partial charge in [-0.1, -0.05) is 0 Å². The Balaban J connectivity index is 0.000000292. The Morgan fingerprint density at radius 3 is 1.97 bits per heavy atom. The van der Waals surface area contributed by atoms with E-state index in [1.807, 2.05) is 0 Å². The summed E-state index contributed by atoms with van der Waals surface area (Å²) in [4.78, 5) is 43.7. The van der Waals surface area contributed by atoms with E-state index in [0.717, 1.165) is 45.2 Å². The van der Waals surface area contributed by atoms with Gasteiger partial charge in [-0.2, -0.15) is 14.0 Å². The molecule has 0 saturated carbocycles. The second-order valence-electron chi connectivity index (χ2n) is 7.85. The summed E-state index contributed by atoms with van der Waals surface area (Å²) >= 11 is 0. The van der Waals surface area contributed by atoms with Crippen LogP contribution in [-0.4, -0.2) is 89.1 Å². The van der Waals surface area contributed by atoms with Crippen LogP contribution in [-0.2, 0) is 30.3 Å². The third-order valence-electron chi connectivity index (χ3n) is 3.52. The van der Waals surface area contributed by atoms with Crippen molar-refractivity contribution in [1.82, 2.24) is 40.0 Å². The zero-order chi connectivity index (χ0) is 25.9. The highest BCUT2D eigenvalue weighted by molar-refractivity contribution is 5.85. The summed E-state index contributed by atoms with van der Waals surface area (Å²) in [6.07, 6.45) is 4.40. The molecule has 1 saturated heterocycles. The van der Waals surface area contributed by atoms with E-state index in [-0.39, 0.29) is 12.1 Å². The zero-order valence-corrected chi connectivity index (χ0v) is 19.7. The minimum atomic E-state index is -1.07. The zero-order valence-electron chi connectivity index (χ0n) is 19.7. The minimum Gasteiger partial charge on any atom is -0.466 e. The monoisotopic (exact) mass is 484 g/mol. The summed E-state index contributed by atoms with van der Waals surface area (Å²) < 4.78 is 16.3. The Morgan fingerprint density at radius 1 is 1.09 bits per heavy atom. The molecule has 3 heterocycles. The standard InChI is InChI=1S/C9H14N4O4.C5H6N4O3.C4H8O/c1-9(2,16)6-13-8(15)12(10-11-13)5-4-7(14)17-3;1-12-4(10)2-3-9-5(11)6-7-8-9;1-4(2)3-5-4/h4-5,16H,6H2,1-3H3;2-3H,1H3,(H,6,8,11);3H2,1-2H3/b5-4+;3-2+;. The van der Waals surface area contributed by atoms with Crippen LogP contribution in [0.5, 0.6) is 0 Å². The van der Waals surface area contributed by atoms with Crippen molar-refractivity contribution in [3.8, 4) is 0 Å². The number of nitrogens with one attached hydrogen (secondary N) is 1. The molecule has 0 bridgehead atoms. The van der Waals surface area contributed by atoms with Gasteiger partial charge in [-0.25, -0.2) is 24.3 Å². The van der Waals surface area contributed by atoms with E-state index in [4.69, 9.17) is 4.74 Å². The predicted molar refractivity (Wildman–Crippen MR) is 116 cm³/mol. The smallest absolute Gasteiger partial charge is 0.368 e. The number of hydrogen-bond donors (Lipinski definition) is 2. The number of ether oxygens (including phenoxy) is 3. The molecule has 0 amide bonds. The molecule has 188 valence electrons. The number of methoxy groups -OCH3 is 2. The van der Waals surface area contributed by atoms with Crippen LogP contribution in [0.25, 0.3) is 12.4 Å². The van der Waals surface area contributed by atoms with Crippen LogP contribution in [0, 0.1) is 0 Å². The van der Waals surface area contributed by atoms with Crippen molar-refractivity contribution in [1.29, 1.82) is 0 Å². The van der Waals surface area contributed by atoms with Crippen molar-refractivity contribution < 1.29 is 28.9 Å². The number of epoxide rings is 1. The normalized spacial score (nSPS) is 14.1. The molecule has 0 radical (unpaired) electrons. The summed E-state index contributed by atoms with van der Waals surface area (Å²) in [6.45, 7) is 8.20. The molecule has 1 fully saturated rings. The first-order valence-corrected chi connectivity index (χ1v) is 9.69. The summed E-state index contributed by atoms with van der Waals surface area (Å²) in [5.41, 5.74) is -1.89. The molecule has 0 spiro atoms. The second kappa shape index (κ2) is 12.4. The second-order valence-corrected chi connectivity index (χ2v) is 7.85. The molecule has 2 aromatic rings. The van der Waals surface area contributed by atoms with Gasteiger partial charge in [0.2, 0.25) is 0 Å². The van der Waals surface area contributed by atoms with Gasteiger partial charge in [0.15, 0.2) is 0 Å². The lowest BCUT2D eigenvalue weighted by atomic mass is 10.1. The molecule has 16 nitrogen and oxygen atoms in total. The van der Waals surface area contributed by atoms with Crippen LogP contribution in [0.2, 0.25) is 0 Å². The molecular weight excluding hydrogens is 456 g/mol. The van der Waals surface area contributed by atoms with Crippen LogP contribution in [0.15, 0.2) is 21.7 Å². The molecule has 0 atom stereocenters. The van der Waals surface area contributed by atoms with Crippen molar-refractivity contribution in [3.05, 3.63) is 33.1 Å². The number of tetrazole rings is 2. The molecule has 0 aliphatic carbocycles. The van der Waals surface area contributed by atoms with Gasteiger partial charge in [-0.05, 0) is 48.5 Å². The number of aliphatic hydroxyl groups is 1. The Bertz CT molecular complexity index is 1110. The van der Waals surface area contributed by atoms with Crippen molar-refractivity contribution in [2.45, 2.75) is 45.4 Å². The van der Waals surface area contributed by atoms with Crippen LogP contribution in [0.4, 0.5) is 0 Å².